The molecule has 0 saturated heterocycles. The number of hydrogen-bond donors (Lipinski definition) is 2. The summed E-state index contributed by atoms with van der Waals surface area (Å²) >= 11 is 0. The number of carbonyl (C=O) groups is 2. The summed E-state index contributed by atoms with van der Waals surface area (Å²) in [7, 11) is 0. The third-order valence-corrected chi connectivity index (χ3v) is 2.03. The summed E-state index contributed by atoms with van der Waals surface area (Å²) in [5, 5.41) is 21.4. The minimum atomic E-state index is -0.925. The maximum absolute atomic E-state index is 11.7. The molecule has 0 radical (unpaired) electrons. The van der Waals surface area contributed by atoms with E-state index in [4.69, 9.17) is 5.11 Å². The van der Waals surface area contributed by atoms with E-state index in [0.717, 1.165) is 0 Å². The van der Waals surface area contributed by atoms with Crippen molar-refractivity contribution in [2.45, 2.75) is 19.8 Å². The van der Waals surface area contributed by atoms with Crippen LogP contribution >= 0.6 is 0 Å². The Morgan fingerprint density at radius 1 is 1.50 bits per heavy atom. The van der Waals surface area contributed by atoms with E-state index in [1.54, 1.807) is 6.92 Å². The van der Waals surface area contributed by atoms with Crippen LogP contribution < -0.4 is 0 Å². The second-order valence-corrected chi connectivity index (χ2v) is 3.12. The highest BCUT2D eigenvalue weighted by Gasteiger charge is 2.15. The van der Waals surface area contributed by atoms with Crippen molar-refractivity contribution >= 4 is 11.9 Å². The molecule has 1 rings (SSSR count). The number of H-pyrrole nitrogens is 1. The van der Waals surface area contributed by atoms with Crippen LogP contribution in [0.4, 0.5) is 0 Å². The standard InChI is InChI=1S/C8H13N5O3/c1-2-13(4-3-8(15)16)7(14)5-6-9-11-12-10-6/h2-5H2,1H3,(H,15,16)(H,9,10,11,12). The molecule has 1 aromatic rings. The van der Waals surface area contributed by atoms with Gasteiger partial charge in [-0.1, -0.05) is 5.21 Å². The molecular formula is C8H13N5O3. The Labute approximate surface area is 91.6 Å². The van der Waals surface area contributed by atoms with Gasteiger partial charge in [0.25, 0.3) is 0 Å². The lowest BCUT2D eigenvalue weighted by Crippen LogP contribution is -2.34. The minimum Gasteiger partial charge on any atom is -0.481 e. The number of carboxylic acid groups (broad SMARTS) is 1. The Hall–Kier alpha value is -1.99. The molecule has 0 aromatic carbocycles. The van der Waals surface area contributed by atoms with E-state index >= 15 is 0 Å². The van der Waals surface area contributed by atoms with Gasteiger partial charge in [0.2, 0.25) is 5.91 Å². The predicted octanol–water partition coefficient (Wildman–Crippen LogP) is -0.935. The second-order valence-electron chi connectivity index (χ2n) is 3.12. The summed E-state index contributed by atoms with van der Waals surface area (Å²) < 4.78 is 0. The largest absolute Gasteiger partial charge is 0.481 e. The van der Waals surface area contributed by atoms with Crippen LogP contribution in [0.2, 0.25) is 0 Å². The lowest BCUT2D eigenvalue weighted by atomic mass is 10.3. The molecule has 0 fully saturated rings. The Balaban J connectivity index is 2.46. The monoisotopic (exact) mass is 227 g/mol. The summed E-state index contributed by atoms with van der Waals surface area (Å²) in [5.74, 6) is -0.824. The fourth-order valence-electron chi connectivity index (χ4n) is 1.19. The van der Waals surface area contributed by atoms with Gasteiger partial charge in [0.1, 0.15) is 0 Å². The summed E-state index contributed by atoms with van der Waals surface area (Å²) in [5.41, 5.74) is 0. The molecule has 88 valence electrons. The van der Waals surface area contributed by atoms with Crippen LogP contribution in [0.5, 0.6) is 0 Å². The molecule has 0 aliphatic carbocycles. The maximum Gasteiger partial charge on any atom is 0.305 e. The summed E-state index contributed by atoms with van der Waals surface area (Å²) in [6.45, 7) is 2.45. The molecule has 8 heteroatoms. The Kier molecular flexibility index (Phi) is 4.37. The topological polar surface area (TPSA) is 112 Å². The third kappa shape index (κ3) is 3.64. The number of nitrogens with zero attached hydrogens (tertiary/aromatic N) is 4. The highest BCUT2D eigenvalue weighted by molar-refractivity contribution is 5.78. The van der Waals surface area contributed by atoms with Crippen molar-refractivity contribution in [2.24, 2.45) is 0 Å². The van der Waals surface area contributed by atoms with Gasteiger partial charge in [-0.15, -0.1) is 10.2 Å². The highest BCUT2D eigenvalue weighted by Crippen LogP contribution is 1.97. The first-order chi connectivity index (χ1) is 7.63. The molecule has 0 spiro atoms. The predicted molar refractivity (Wildman–Crippen MR) is 52.4 cm³/mol. The molecule has 0 saturated carbocycles. The lowest BCUT2D eigenvalue weighted by Gasteiger charge is -2.18. The Morgan fingerprint density at radius 2 is 2.25 bits per heavy atom. The van der Waals surface area contributed by atoms with Crippen LogP contribution in [0.1, 0.15) is 19.2 Å². The van der Waals surface area contributed by atoms with Crippen molar-refractivity contribution in [3.8, 4) is 0 Å². The number of aromatic amines is 1. The van der Waals surface area contributed by atoms with Crippen LogP contribution in [0.15, 0.2) is 0 Å². The maximum atomic E-state index is 11.7. The average Bonchev–Trinajstić information content (AvgIpc) is 2.71. The van der Waals surface area contributed by atoms with E-state index in [-0.39, 0.29) is 25.3 Å². The highest BCUT2D eigenvalue weighted by atomic mass is 16.4. The van der Waals surface area contributed by atoms with Gasteiger partial charge in [-0.3, -0.25) is 9.59 Å². The lowest BCUT2D eigenvalue weighted by molar-refractivity contribution is -0.138. The van der Waals surface area contributed by atoms with Crippen LogP contribution in [0, 0.1) is 0 Å². The molecule has 16 heavy (non-hydrogen) atoms. The molecule has 1 aromatic heterocycles. The van der Waals surface area contributed by atoms with Gasteiger partial charge in [0.15, 0.2) is 5.82 Å². The number of hydrogen-bond acceptors (Lipinski definition) is 5. The number of rotatable bonds is 6. The normalized spacial score (nSPS) is 10.1. The fraction of sp³-hybridized carbons (Fsp3) is 0.625. The average molecular weight is 227 g/mol. The van der Waals surface area contributed by atoms with E-state index in [1.165, 1.54) is 4.90 Å². The van der Waals surface area contributed by atoms with Crippen LogP contribution in [-0.4, -0.2) is 55.6 Å². The van der Waals surface area contributed by atoms with Crippen molar-refractivity contribution in [3.05, 3.63) is 5.82 Å². The van der Waals surface area contributed by atoms with E-state index in [9.17, 15) is 9.59 Å². The Bertz CT molecular complexity index is 351. The first-order valence-electron chi connectivity index (χ1n) is 4.85. The number of nitrogens with one attached hydrogen (secondary N) is 1. The summed E-state index contributed by atoms with van der Waals surface area (Å²) in [4.78, 5) is 23.5. The number of aliphatic carboxylic acids is 1. The minimum absolute atomic E-state index is 0.0317. The molecule has 0 atom stereocenters. The molecule has 1 amide bonds. The van der Waals surface area contributed by atoms with Gasteiger partial charge in [0.05, 0.1) is 12.8 Å². The first kappa shape index (κ1) is 12.1. The van der Waals surface area contributed by atoms with Crippen molar-refractivity contribution in [3.63, 3.8) is 0 Å². The number of carboxylic acids is 1. The molecule has 0 bridgehead atoms. The molecule has 0 aliphatic heterocycles. The third-order valence-electron chi connectivity index (χ3n) is 2.03. The van der Waals surface area contributed by atoms with E-state index in [2.05, 4.69) is 20.6 Å². The molecular weight excluding hydrogens is 214 g/mol. The van der Waals surface area contributed by atoms with Gasteiger partial charge in [-0.2, -0.15) is 5.21 Å². The zero-order chi connectivity index (χ0) is 12.0. The van der Waals surface area contributed by atoms with Crippen LogP contribution in [0.3, 0.4) is 0 Å². The van der Waals surface area contributed by atoms with Crippen LogP contribution in [0.25, 0.3) is 0 Å². The van der Waals surface area contributed by atoms with Crippen LogP contribution in [-0.2, 0) is 16.0 Å². The quantitative estimate of drug-likeness (QED) is 0.649. The van der Waals surface area contributed by atoms with Gasteiger partial charge in [-0.25, -0.2) is 0 Å². The molecule has 2 N–H and O–H groups in total. The number of aromatic nitrogens is 4. The smallest absolute Gasteiger partial charge is 0.305 e. The van der Waals surface area contributed by atoms with E-state index < -0.39 is 5.97 Å². The molecule has 0 aliphatic rings. The van der Waals surface area contributed by atoms with Gasteiger partial charge < -0.3 is 10.0 Å². The summed E-state index contributed by atoms with van der Waals surface area (Å²) in [6.07, 6.45) is -0.0320. The van der Waals surface area contributed by atoms with Gasteiger partial charge >= 0.3 is 5.97 Å². The zero-order valence-corrected chi connectivity index (χ0v) is 8.88. The van der Waals surface area contributed by atoms with Crippen molar-refractivity contribution in [1.29, 1.82) is 0 Å². The van der Waals surface area contributed by atoms with E-state index in [1.807, 2.05) is 0 Å². The van der Waals surface area contributed by atoms with Crippen molar-refractivity contribution in [2.75, 3.05) is 13.1 Å². The number of amides is 1. The SMILES string of the molecule is CCN(CCC(=O)O)C(=O)Cc1nn[nH]n1. The van der Waals surface area contributed by atoms with Crippen molar-refractivity contribution < 1.29 is 14.7 Å². The first-order valence-corrected chi connectivity index (χ1v) is 4.85. The zero-order valence-electron chi connectivity index (χ0n) is 8.88. The van der Waals surface area contributed by atoms with Gasteiger partial charge in [0, 0.05) is 13.1 Å². The molecule has 8 nitrogen and oxygen atoms in total. The summed E-state index contributed by atoms with van der Waals surface area (Å²) in [6, 6.07) is 0. The molecule has 1 heterocycles. The second kappa shape index (κ2) is 5.79. The number of likely N-dealkylation sites (N-methyl/N-ethyl adjacent to an activating group) is 1. The Morgan fingerprint density at radius 3 is 2.75 bits per heavy atom. The van der Waals surface area contributed by atoms with Gasteiger partial charge in [-0.05, 0) is 6.92 Å². The number of tetrazole rings is 1. The molecule has 0 unspecified atom stereocenters. The fourth-order valence-corrected chi connectivity index (χ4v) is 1.19. The van der Waals surface area contributed by atoms with E-state index in [0.29, 0.717) is 12.4 Å². The number of carbonyl (C=O) groups excluding carboxylic acids is 1. The van der Waals surface area contributed by atoms with Crippen molar-refractivity contribution in [1.82, 2.24) is 25.5 Å².